The summed E-state index contributed by atoms with van der Waals surface area (Å²) in [6, 6.07) is 5.78. The van der Waals surface area contributed by atoms with Crippen LogP contribution in [0, 0.1) is 0 Å². The van der Waals surface area contributed by atoms with Crippen molar-refractivity contribution in [2.75, 3.05) is 46.4 Å². The fourth-order valence-electron chi connectivity index (χ4n) is 2.40. The van der Waals surface area contributed by atoms with E-state index >= 15 is 0 Å². The van der Waals surface area contributed by atoms with Gasteiger partial charge in [-0.2, -0.15) is 0 Å². The molecule has 1 fully saturated rings. The van der Waals surface area contributed by atoms with E-state index in [1.165, 1.54) is 12.7 Å². The molecule has 0 aromatic heterocycles. The van der Waals surface area contributed by atoms with E-state index in [2.05, 4.69) is 14.5 Å². The highest BCUT2D eigenvalue weighted by molar-refractivity contribution is 6.42. The van der Waals surface area contributed by atoms with E-state index in [0.717, 1.165) is 39.1 Å². The van der Waals surface area contributed by atoms with Crippen LogP contribution in [-0.4, -0.2) is 62.1 Å². The molecule has 0 atom stereocenters. The van der Waals surface area contributed by atoms with E-state index in [1.807, 2.05) is 18.2 Å². The van der Waals surface area contributed by atoms with E-state index in [9.17, 15) is 4.79 Å². The second kappa shape index (κ2) is 7.99. The Morgan fingerprint density at radius 2 is 1.81 bits per heavy atom. The molecule has 4 nitrogen and oxygen atoms in total. The first-order valence-corrected chi connectivity index (χ1v) is 7.79. The van der Waals surface area contributed by atoms with Crippen molar-refractivity contribution in [1.82, 2.24) is 9.80 Å². The Bertz CT molecular complexity index is 489. The summed E-state index contributed by atoms with van der Waals surface area (Å²) in [5.41, 5.74) is 1.20. The first-order chi connectivity index (χ1) is 10.1. The number of hydrogen-bond acceptors (Lipinski definition) is 4. The van der Waals surface area contributed by atoms with Crippen LogP contribution in [0.3, 0.4) is 0 Å². The Morgan fingerprint density at radius 3 is 2.43 bits per heavy atom. The fourth-order valence-corrected chi connectivity index (χ4v) is 2.72. The molecule has 21 heavy (non-hydrogen) atoms. The van der Waals surface area contributed by atoms with Gasteiger partial charge in [-0.25, -0.2) is 0 Å². The van der Waals surface area contributed by atoms with Crippen LogP contribution < -0.4 is 0 Å². The van der Waals surface area contributed by atoms with Crippen molar-refractivity contribution in [2.24, 2.45) is 0 Å². The molecule has 0 saturated carbocycles. The lowest BCUT2D eigenvalue weighted by atomic mass is 10.1. The number of carbonyl (C=O) groups excluding carboxylic acids is 1. The van der Waals surface area contributed by atoms with Gasteiger partial charge in [0.25, 0.3) is 0 Å². The van der Waals surface area contributed by atoms with Crippen LogP contribution in [0.5, 0.6) is 0 Å². The summed E-state index contributed by atoms with van der Waals surface area (Å²) >= 11 is 11.9. The van der Waals surface area contributed by atoms with Crippen molar-refractivity contribution < 1.29 is 9.53 Å². The summed E-state index contributed by atoms with van der Waals surface area (Å²) in [6.45, 7) is 5.12. The minimum Gasteiger partial charge on any atom is -0.468 e. The number of nitrogens with zero attached hydrogens (tertiary/aromatic N) is 2. The third kappa shape index (κ3) is 5.15. The standard InChI is InChI=1S/C15H20Cl2N2O2/c1-21-15(20)11-19-8-6-18(7-9-19)5-4-12-2-3-13(16)14(17)10-12/h2-3,10H,4-9,11H2,1H3. The first kappa shape index (κ1) is 16.6. The Morgan fingerprint density at radius 1 is 1.14 bits per heavy atom. The Balaban J connectivity index is 1.73. The monoisotopic (exact) mass is 330 g/mol. The highest BCUT2D eigenvalue weighted by Gasteiger charge is 2.18. The highest BCUT2D eigenvalue weighted by Crippen LogP contribution is 2.22. The average Bonchev–Trinajstić information content (AvgIpc) is 2.50. The summed E-state index contributed by atoms with van der Waals surface area (Å²) in [5.74, 6) is -0.167. The molecule has 1 aliphatic rings. The van der Waals surface area contributed by atoms with Gasteiger partial charge < -0.3 is 9.64 Å². The van der Waals surface area contributed by atoms with Gasteiger partial charge in [-0.15, -0.1) is 0 Å². The summed E-state index contributed by atoms with van der Waals surface area (Å²) in [5, 5.41) is 1.20. The lowest BCUT2D eigenvalue weighted by Gasteiger charge is -2.34. The number of ether oxygens (including phenoxy) is 1. The minimum atomic E-state index is -0.167. The zero-order valence-corrected chi connectivity index (χ0v) is 13.7. The average molecular weight is 331 g/mol. The molecule has 1 aromatic rings. The zero-order valence-electron chi connectivity index (χ0n) is 12.1. The van der Waals surface area contributed by atoms with E-state index in [1.54, 1.807) is 0 Å². The number of halogens is 2. The molecule has 0 amide bonds. The molecule has 116 valence electrons. The quantitative estimate of drug-likeness (QED) is 0.776. The van der Waals surface area contributed by atoms with Gasteiger partial charge in [-0.3, -0.25) is 9.69 Å². The molecular weight excluding hydrogens is 311 g/mol. The van der Waals surface area contributed by atoms with Crippen molar-refractivity contribution >= 4 is 29.2 Å². The largest absolute Gasteiger partial charge is 0.468 e. The fraction of sp³-hybridized carbons (Fsp3) is 0.533. The highest BCUT2D eigenvalue weighted by atomic mass is 35.5. The molecule has 1 saturated heterocycles. The van der Waals surface area contributed by atoms with Gasteiger partial charge in [0.05, 0.1) is 23.7 Å². The normalized spacial score (nSPS) is 16.9. The first-order valence-electron chi connectivity index (χ1n) is 7.04. The van der Waals surface area contributed by atoms with E-state index < -0.39 is 0 Å². The number of benzene rings is 1. The maximum absolute atomic E-state index is 11.2. The minimum absolute atomic E-state index is 0.167. The molecule has 0 aliphatic carbocycles. The summed E-state index contributed by atoms with van der Waals surface area (Å²) in [6.07, 6.45) is 0.952. The SMILES string of the molecule is COC(=O)CN1CCN(CCc2ccc(Cl)c(Cl)c2)CC1. The number of piperazine rings is 1. The van der Waals surface area contributed by atoms with Crippen molar-refractivity contribution in [3.63, 3.8) is 0 Å². The van der Waals surface area contributed by atoms with Crippen LogP contribution in [-0.2, 0) is 16.0 Å². The lowest BCUT2D eigenvalue weighted by Crippen LogP contribution is -2.48. The summed E-state index contributed by atoms with van der Waals surface area (Å²) in [7, 11) is 1.43. The van der Waals surface area contributed by atoms with E-state index in [-0.39, 0.29) is 5.97 Å². The van der Waals surface area contributed by atoms with Gasteiger partial charge >= 0.3 is 5.97 Å². The van der Waals surface area contributed by atoms with Gasteiger partial charge in [-0.05, 0) is 24.1 Å². The van der Waals surface area contributed by atoms with Crippen molar-refractivity contribution in [2.45, 2.75) is 6.42 Å². The molecule has 1 heterocycles. The molecule has 0 spiro atoms. The van der Waals surface area contributed by atoms with Gasteiger partial charge in [0.2, 0.25) is 0 Å². The Labute approximate surface area is 135 Å². The molecule has 1 aliphatic heterocycles. The second-order valence-corrected chi connectivity index (χ2v) is 6.01. The maximum Gasteiger partial charge on any atom is 0.319 e. The molecular formula is C15H20Cl2N2O2. The predicted molar refractivity (Wildman–Crippen MR) is 85.1 cm³/mol. The zero-order chi connectivity index (χ0) is 15.2. The second-order valence-electron chi connectivity index (χ2n) is 5.19. The molecule has 2 rings (SSSR count). The molecule has 0 unspecified atom stereocenters. The molecule has 6 heteroatoms. The molecule has 0 bridgehead atoms. The van der Waals surface area contributed by atoms with Crippen LogP contribution in [0.2, 0.25) is 10.0 Å². The van der Waals surface area contributed by atoms with Crippen molar-refractivity contribution in [3.8, 4) is 0 Å². The summed E-state index contributed by atoms with van der Waals surface area (Å²) < 4.78 is 4.69. The molecule has 1 aromatic carbocycles. The predicted octanol–water partition coefficient (Wildman–Crippen LogP) is 2.33. The van der Waals surface area contributed by atoms with Gasteiger partial charge in [-0.1, -0.05) is 29.3 Å². The van der Waals surface area contributed by atoms with Crippen LogP contribution in [0.25, 0.3) is 0 Å². The van der Waals surface area contributed by atoms with Crippen LogP contribution in [0.1, 0.15) is 5.56 Å². The van der Waals surface area contributed by atoms with Gasteiger partial charge in [0.15, 0.2) is 0 Å². The molecule has 0 radical (unpaired) electrons. The smallest absolute Gasteiger partial charge is 0.319 e. The van der Waals surface area contributed by atoms with Crippen LogP contribution in [0.4, 0.5) is 0 Å². The van der Waals surface area contributed by atoms with Gasteiger partial charge in [0, 0.05) is 32.7 Å². The van der Waals surface area contributed by atoms with Gasteiger partial charge in [0.1, 0.15) is 0 Å². The van der Waals surface area contributed by atoms with E-state index in [0.29, 0.717) is 16.6 Å². The third-order valence-electron chi connectivity index (χ3n) is 3.75. The van der Waals surface area contributed by atoms with Crippen molar-refractivity contribution in [3.05, 3.63) is 33.8 Å². The third-order valence-corrected chi connectivity index (χ3v) is 4.49. The number of rotatable bonds is 5. The summed E-state index contributed by atoms with van der Waals surface area (Å²) in [4.78, 5) is 15.8. The number of carbonyl (C=O) groups is 1. The molecule has 0 N–H and O–H groups in total. The van der Waals surface area contributed by atoms with Crippen molar-refractivity contribution in [1.29, 1.82) is 0 Å². The number of methoxy groups -OCH3 is 1. The topological polar surface area (TPSA) is 32.8 Å². The van der Waals surface area contributed by atoms with Crippen LogP contribution in [0.15, 0.2) is 18.2 Å². The number of hydrogen-bond donors (Lipinski definition) is 0. The lowest BCUT2D eigenvalue weighted by molar-refractivity contribution is -0.142. The van der Waals surface area contributed by atoms with E-state index in [4.69, 9.17) is 23.2 Å². The Kier molecular flexibility index (Phi) is 6.30. The van der Waals surface area contributed by atoms with Crippen LogP contribution >= 0.6 is 23.2 Å². The number of esters is 1. The Hall–Kier alpha value is -0.810. The maximum atomic E-state index is 11.2.